The van der Waals surface area contributed by atoms with Crippen LogP contribution in [0.1, 0.15) is 118 Å². The molecule has 24 heteroatoms. The van der Waals surface area contributed by atoms with E-state index >= 15 is 0 Å². The fourth-order valence-corrected chi connectivity index (χ4v) is 16.9. The second-order valence-corrected chi connectivity index (χ2v) is 29.0. The van der Waals surface area contributed by atoms with Crippen molar-refractivity contribution < 1.29 is 45.5 Å². The second-order valence-electron chi connectivity index (χ2n) is 24.4. The fraction of sp³-hybridized carbons (Fsp3) is 0.531. The van der Waals surface area contributed by atoms with E-state index in [4.69, 9.17) is 39.2 Å². The average molecular weight is 1280 g/mol. The van der Waals surface area contributed by atoms with Crippen molar-refractivity contribution in [3.05, 3.63) is 122 Å². The van der Waals surface area contributed by atoms with E-state index < -0.39 is 50.0 Å². The van der Waals surface area contributed by atoms with E-state index in [0.717, 1.165) is 74.4 Å². The minimum Gasteiger partial charge on any atom is -0.484 e. The van der Waals surface area contributed by atoms with Gasteiger partial charge in [0.05, 0.1) is 45.8 Å². The maximum atomic E-state index is 13.7. The Morgan fingerprint density at radius 1 is 0.739 bits per heavy atom. The molecule has 4 fully saturated rings. The van der Waals surface area contributed by atoms with Crippen LogP contribution in [-0.2, 0) is 47.1 Å². The molecule has 88 heavy (non-hydrogen) atoms. The van der Waals surface area contributed by atoms with Gasteiger partial charge >= 0.3 is 6.03 Å². The molecule has 0 saturated carbocycles. The molecule has 4 saturated heterocycles. The second kappa shape index (κ2) is 28.7. The number of piperidine rings is 1. The van der Waals surface area contributed by atoms with Crippen LogP contribution in [0.4, 0.5) is 10.5 Å². The molecule has 0 bridgehead atoms. The predicted octanol–water partition coefficient (Wildman–Crippen LogP) is 7.94. The summed E-state index contributed by atoms with van der Waals surface area (Å²) in [5, 5.41) is 19.7. The number of carbonyl (C=O) groups is 4. The summed E-state index contributed by atoms with van der Waals surface area (Å²) in [7, 11) is -7.68. The van der Waals surface area contributed by atoms with Crippen LogP contribution in [0.3, 0.4) is 0 Å². The number of carbonyl (C=O) groups excluding carboxylic acids is 4. The normalized spacial score (nSPS) is 22.9. The van der Waals surface area contributed by atoms with Crippen molar-refractivity contribution in [3.8, 4) is 17.6 Å². The number of fused-ring (bicyclic) bond motifs is 2. The minimum absolute atomic E-state index is 0.0158. The Kier molecular flexibility index (Phi) is 21.0. The van der Waals surface area contributed by atoms with E-state index in [9.17, 15) is 41.3 Å². The molecule has 4 heterocycles. The van der Waals surface area contributed by atoms with E-state index in [2.05, 4.69) is 41.4 Å². The van der Waals surface area contributed by atoms with E-state index in [1.807, 2.05) is 12.1 Å². The summed E-state index contributed by atoms with van der Waals surface area (Å²) in [5.41, 5.74) is 4.66. The first-order valence-corrected chi connectivity index (χ1v) is 34.7. The van der Waals surface area contributed by atoms with Gasteiger partial charge in [-0.1, -0.05) is 43.0 Å². The monoisotopic (exact) mass is 1280 g/mol. The average Bonchev–Trinajstić information content (AvgIpc) is 2.19. The standard InChI is InChI=1S/C64H78Cl2N10O10S2/c1-41(62(78)76-27-20-47(39-76)72-88(83,84)52-17-13-50(14-18-52)86-61-56-33-46(66)34-57(68-3)54(56)36-59(61)73-24-8-5-9-25-73)30-48(77)10-6-4-7-21-70-64(80)71-42(2)63(79)75-26-19-43(38-75)40-87(81,82)51-15-11-49(12-16-51)85-60-55-32-45(65)31-44(37-67)53(55)35-58(60)74-28-22-69-23-29-74/h11-18,31-34,41-43,47,58-61,69,72H,4-10,19-30,35-36,38-40H2,1-2H3,(H2,70,71,80)/t41-,42+,43+,47+,58+,59+,60+,61+/m1/s1. The number of amides is 4. The number of Topliss-reactive ketones (excluding diaryl/α,β-unsaturated/α-hetero) is 1. The summed E-state index contributed by atoms with van der Waals surface area (Å²) in [5.74, 6) is -0.613. The predicted molar refractivity (Wildman–Crippen MR) is 334 cm³/mol. The van der Waals surface area contributed by atoms with Crippen molar-refractivity contribution in [2.75, 3.05) is 77.7 Å². The summed E-state index contributed by atoms with van der Waals surface area (Å²) in [6, 6.07) is 20.2. The van der Waals surface area contributed by atoms with E-state index in [1.54, 1.807) is 72.2 Å². The van der Waals surface area contributed by atoms with Crippen molar-refractivity contribution in [1.29, 1.82) is 5.26 Å². The van der Waals surface area contributed by atoms with Crippen LogP contribution in [0.15, 0.2) is 82.6 Å². The molecule has 10 rings (SSSR count). The molecule has 4 amide bonds. The van der Waals surface area contributed by atoms with E-state index in [-0.39, 0.29) is 83.2 Å². The van der Waals surface area contributed by atoms with Gasteiger partial charge in [-0.05, 0) is 172 Å². The Morgan fingerprint density at radius 3 is 2.00 bits per heavy atom. The third-order valence-electron chi connectivity index (χ3n) is 18.1. The zero-order chi connectivity index (χ0) is 62.3. The Labute approximate surface area is 526 Å². The maximum absolute atomic E-state index is 13.7. The topological polar surface area (TPSA) is 244 Å². The zero-order valence-electron chi connectivity index (χ0n) is 49.9. The largest absolute Gasteiger partial charge is 0.484 e. The van der Waals surface area contributed by atoms with Crippen molar-refractivity contribution in [1.82, 2.24) is 40.3 Å². The Hall–Kier alpha value is -6.34. The molecule has 20 nitrogen and oxygen atoms in total. The highest BCUT2D eigenvalue weighted by molar-refractivity contribution is 7.91. The van der Waals surface area contributed by atoms with Crippen molar-refractivity contribution in [2.24, 2.45) is 11.8 Å². The van der Waals surface area contributed by atoms with Crippen molar-refractivity contribution in [2.45, 2.75) is 137 Å². The minimum atomic E-state index is -3.95. The van der Waals surface area contributed by atoms with Gasteiger partial charge < -0.3 is 35.2 Å². The first-order chi connectivity index (χ1) is 42.3. The van der Waals surface area contributed by atoms with Gasteiger partial charge in [0.25, 0.3) is 0 Å². The molecular weight excluding hydrogens is 1200 g/mol. The molecule has 2 aliphatic carbocycles. The van der Waals surface area contributed by atoms with Crippen LogP contribution < -0.4 is 30.1 Å². The number of unbranched alkanes of at least 4 members (excludes halogenated alkanes) is 2. The number of sulfonamides is 1. The van der Waals surface area contributed by atoms with E-state index in [0.29, 0.717) is 97.4 Å². The van der Waals surface area contributed by atoms with Gasteiger partial charge in [-0.25, -0.2) is 31.2 Å². The van der Waals surface area contributed by atoms with Crippen molar-refractivity contribution in [3.63, 3.8) is 0 Å². The van der Waals surface area contributed by atoms with Gasteiger partial charge in [0.2, 0.25) is 21.8 Å². The van der Waals surface area contributed by atoms with Gasteiger partial charge in [0.15, 0.2) is 15.5 Å². The number of piperazine rings is 1. The molecule has 4 aromatic carbocycles. The highest BCUT2D eigenvalue weighted by atomic mass is 35.5. The quantitative estimate of drug-likeness (QED) is 0.0407. The summed E-state index contributed by atoms with van der Waals surface area (Å²) in [4.78, 5) is 64.6. The lowest BCUT2D eigenvalue weighted by molar-refractivity contribution is -0.136. The number of nitrogens with zero attached hydrogens (tertiary/aromatic N) is 6. The maximum Gasteiger partial charge on any atom is 0.315 e. The Morgan fingerprint density at radius 2 is 1.34 bits per heavy atom. The van der Waals surface area contributed by atoms with Gasteiger partial charge in [-0.2, -0.15) is 5.26 Å². The number of nitrogens with one attached hydrogen (secondary N) is 4. The number of hydrogen-bond acceptors (Lipinski definition) is 14. The number of ether oxygens (including phenoxy) is 2. The first kappa shape index (κ1) is 64.6. The smallest absolute Gasteiger partial charge is 0.315 e. The van der Waals surface area contributed by atoms with Gasteiger partial charge in [-0.15, -0.1) is 0 Å². The van der Waals surface area contributed by atoms with E-state index in [1.165, 1.54) is 18.6 Å². The molecular formula is C64H78Cl2N10O10S2. The lowest BCUT2D eigenvalue weighted by Crippen LogP contribution is -2.50. The molecule has 0 radical (unpaired) electrons. The summed E-state index contributed by atoms with van der Waals surface area (Å²) in [6.07, 6.45) is 6.91. The molecule has 6 aliphatic rings. The molecule has 4 aromatic rings. The Bertz CT molecular complexity index is 3310. The fourth-order valence-electron chi connectivity index (χ4n) is 13.6. The number of likely N-dealkylation sites (tertiary alicyclic amines) is 3. The molecule has 470 valence electrons. The number of ketones is 1. The SMILES string of the molecule is [C-]#[N+]c1cc(Cl)cc2c1C[C@H](N1CCCCC1)[C@H]2Oc1ccc(S(=O)(=O)N[C@H]2CCN(C(=O)[C@H](C)CC(=O)CCCCCNC(=O)N[C@@H](C)C(=O)N3CC[C@H](CS(=O)(=O)c4ccc(O[C@H]5c6cc(Cl)cc(C#N)c6C[C@@H]5N5CCNCC5)cc4)C3)C2)cc1. The summed E-state index contributed by atoms with van der Waals surface area (Å²) < 4.78 is 70.5. The molecule has 0 spiro atoms. The van der Waals surface area contributed by atoms with Gasteiger partial charge in [0, 0.05) is 93.7 Å². The molecule has 0 unspecified atom stereocenters. The number of benzene rings is 4. The number of rotatable bonds is 23. The highest BCUT2D eigenvalue weighted by Gasteiger charge is 2.43. The number of urea groups is 1. The van der Waals surface area contributed by atoms with Gasteiger partial charge in [0.1, 0.15) is 35.5 Å². The van der Waals surface area contributed by atoms with Crippen LogP contribution in [0.2, 0.25) is 10.0 Å². The zero-order valence-corrected chi connectivity index (χ0v) is 53.0. The Balaban J connectivity index is 0.598. The number of hydrogen-bond donors (Lipinski definition) is 4. The summed E-state index contributed by atoms with van der Waals surface area (Å²) in [6.45, 7) is 17.7. The molecule has 4 aliphatic heterocycles. The molecule has 0 aromatic heterocycles. The van der Waals surface area contributed by atoms with Gasteiger partial charge in [-0.3, -0.25) is 24.2 Å². The van der Waals surface area contributed by atoms with Crippen LogP contribution in [0, 0.1) is 29.7 Å². The van der Waals surface area contributed by atoms with Crippen LogP contribution >= 0.6 is 23.2 Å². The third kappa shape index (κ3) is 15.4. The molecule has 4 N–H and O–H groups in total. The third-order valence-corrected chi connectivity index (χ3v) is 22.0. The van der Waals surface area contributed by atoms with Crippen LogP contribution in [0.5, 0.6) is 11.5 Å². The molecule has 8 atom stereocenters. The van der Waals surface area contributed by atoms with Crippen LogP contribution in [0.25, 0.3) is 4.85 Å². The number of nitriles is 1. The summed E-state index contributed by atoms with van der Waals surface area (Å²) >= 11 is 12.9. The lowest BCUT2D eigenvalue weighted by atomic mass is 9.99. The first-order valence-electron chi connectivity index (χ1n) is 30.8. The highest BCUT2D eigenvalue weighted by Crippen LogP contribution is 2.45. The van der Waals surface area contributed by atoms with Crippen molar-refractivity contribution >= 4 is 72.4 Å². The number of sulfone groups is 1. The van der Waals surface area contributed by atoms with Crippen LogP contribution in [-0.4, -0.2) is 162 Å². The number of halogens is 2. The lowest BCUT2D eigenvalue weighted by Gasteiger charge is -2.36.